The molecule has 0 saturated heterocycles. The molecule has 0 fully saturated rings. The summed E-state index contributed by atoms with van der Waals surface area (Å²) in [4.78, 5) is 7.18. The zero-order valence-corrected chi connectivity index (χ0v) is 8.71. The van der Waals surface area contributed by atoms with Gasteiger partial charge in [-0.05, 0) is 12.1 Å². The van der Waals surface area contributed by atoms with E-state index < -0.39 is 0 Å². The maximum absolute atomic E-state index is 5.93. The van der Waals surface area contributed by atoms with Crippen LogP contribution >= 0.6 is 34.8 Å². The summed E-state index contributed by atoms with van der Waals surface area (Å²) in [6.07, 6.45) is 0. The summed E-state index contributed by atoms with van der Waals surface area (Å²) in [6, 6.07) is 3.44. The Morgan fingerprint density at radius 1 is 1.23 bits per heavy atom. The molecule has 0 radical (unpaired) electrons. The van der Waals surface area contributed by atoms with Crippen LogP contribution in [0.2, 0.25) is 10.0 Å². The van der Waals surface area contributed by atoms with Gasteiger partial charge in [-0.15, -0.1) is 11.6 Å². The number of H-pyrrole nitrogens is 1. The van der Waals surface area contributed by atoms with E-state index in [-0.39, 0.29) is 0 Å². The molecule has 0 saturated carbocycles. The third-order valence-electron chi connectivity index (χ3n) is 1.72. The minimum absolute atomic E-state index is 0.321. The standard InChI is InChI=1S/C8H5Cl3N2/c9-3-6-12-7-4(10)1-2-5(11)8(7)13-6/h1-2H,3H2,(H,12,13). The van der Waals surface area contributed by atoms with Gasteiger partial charge in [-0.3, -0.25) is 0 Å². The molecule has 2 nitrogen and oxygen atoms in total. The lowest BCUT2D eigenvalue weighted by molar-refractivity contribution is 1.13. The maximum Gasteiger partial charge on any atom is 0.122 e. The van der Waals surface area contributed by atoms with Gasteiger partial charge in [-0.25, -0.2) is 4.98 Å². The van der Waals surface area contributed by atoms with Crippen LogP contribution in [0.1, 0.15) is 5.82 Å². The number of benzene rings is 1. The number of fused-ring (bicyclic) bond motifs is 1. The van der Waals surface area contributed by atoms with E-state index in [2.05, 4.69) is 9.97 Å². The summed E-state index contributed by atoms with van der Waals surface area (Å²) in [6.45, 7) is 0. The number of imidazole rings is 1. The highest BCUT2D eigenvalue weighted by molar-refractivity contribution is 6.39. The number of nitrogens with zero attached hydrogens (tertiary/aromatic N) is 1. The summed E-state index contributed by atoms with van der Waals surface area (Å²) >= 11 is 17.5. The lowest BCUT2D eigenvalue weighted by Crippen LogP contribution is -1.77. The Morgan fingerprint density at radius 2 is 1.92 bits per heavy atom. The number of hydrogen-bond donors (Lipinski definition) is 1. The van der Waals surface area contributed by atoms with Crippen molar-refractivity contribution in [3.63, 3.8) is 0 Å². The normalized spacial score (nSPS) is 11.0. The van der Waals surface area contributed by atoms with Crippen LogP contribution in [0.5, 0.6) is 0 Å². The molecule has 2 rings (SSSR count). The summed E-state index contributed by atoms with van der Waals surface area (Å²) < 4.78 is 0. The minimum Gasteiger partial charge on any atom is -0.340 e. The van der Waals surface area contributed by atoms with Gasteiger partial charge in [0.2, 0.25) is 0 Å². The van der Waals surface area contributed by atoms with Crippen molar-refractivity contribution < 1.29 is 0 Å². The van der Waals surface area contributed by atoms with Gasteiger partial charge < -0.3 is 4.98 Å². The molecule has 68 valence electrons. The van der Waals surface area contributed by atoms with Crippen LogP contribution in [-0.4, -0.2) is 9.97 Å². The summed E-state index contributed by atoms with van der Waals surface area (Å²) in [5.74, 6) is 0.994. The van der Waals surface area contributed by atoms with Crippen molar-refractivity contribution in [3.8, 4) is 0 Å². The van der Waals surface area contributed by atoms with Crippen molar-refractivity contribution in [2.24, 2.45) is 0 Å². The number of aromatic nitrogens is 2. The average Bonchev–Trinajstić information content (AvgIpc) is 2.56. The minimum atomic E-state index is 0.321. The second-order valence-corrected chi connectivity index (χ2v) is 3.65. The molecule has 0 aliphatic carbocycles. The average molecular weight is 236 g/mol. The van der Waals surface area contributed by atoms with Crippen LogP contribution in [0.4, 0.5) is 0 Å². The van der Waals surface area contributed by atoms with Crippen molar-refractivity contribution in [1.82, 2.24) is 9.97 Å². The predicted molar refractivity (Wildman–Crippen MR) is 55.7 cm³/mol. The fourth-order valence-corrected chi connectivity index (χ4v) is 1.67. The highest BCUT2D eigenvalue weighted by atomic mass is 35.5. The van der Waals surface area contributed by atoms with Crippen molar-refractivity contribution in [3.05, 3.63) is 28.0 Å². The van der Waals surface area contributed by atoms with Crippen LogP contribution in [0, 0.1) is 0 Å². The molecule has 0 atom stereocenters. The van der Waals surface area contributed by atoms with Gasteiger partial charge in [0.15, 0.2) is 0 Å². The molecule has 0 bridgehead atoms. The van der Waals surface area contributed by atoms with E-state index in [1.165, 1.54) is 0 Å². The zero-order chi connectivity index (χ0) is 9.42. The van der Waals surface area contributed by atoms with Gasteiger partial charge in [-0.2, -0.15) is 0 Å². The molecule has 1 aromatic carbocycles. The molecular formula is C8H5Cl3N2. The van der Waals surface area contributed by atoms with Crippen LogP contribution in [0.3, 0.4) is 0 Å². The first kappa shape index (κ1) is 9.13. The third kappa shape index (κ3) is 1.50. The predicted octanol–water partition coefficient (Wildman–Crippen LogP) is 3.61. The second kappa shape index (κ2) is 3.37. The van der Waals surface area contributed by atoms with E-state index in [0.717, 1.165) is 5.52 Å². The van der Waals surface area contributed by atoms with E-state index in [1.807, 2.05) is 0 Å². The Balaban J connectivity index is 2.80. The highest BCUT2D eigenvalue weighted by Crippen LogP contribution is 2.27. The van der Waals surface area contributed by atoms with E-state index in [9.17, 15) is 0 Å². The Bertz CT molecular complexity index is 411. The lowest BCUT2D eigenvalue weighted by atomic mass is 10.3. The largest absolute Gasteiger partial charge is 0.340 e. The molecule has 5 heteroatoms. The molecule has 1 N–H and O–H groups in total. The van der Waals surface area contributed by atoms with Gasteiger partial charge in [0, 0.05) is 0 Å². The van der Waals surface area contributed by atoms with Crippen molar-refractivity contribution in [1.29, 1.82) is 0 Å². The Morgan fingerprint density at radius 3 is 2.54 bits per heavy atom. The fourth-order valence-electron chi connectivity index (χ4n) is 1.14. The summed E-state index contributed by atoms with van der Waals surface area (Å²) in [5, 5.41) is 1.18. The number of halogens is 3. The van der Waals surface area contributed by atoms with Gasteiger partial charge in [0.1, 0.15) is 11.3 Å². The molecule has 0 spiro atoms. The van der Waals surface area contributed by atoms with Crippen molar-refractivity contribution >= 4 is 45.8 Å². The first-order chi connectivity index (χ1) is 6.22. The lowest BCUT2D eigenvalue weighted by Gasteiger charge is -1.93. The monoisotopic (exact) mass is 234 g/mol. The van der Waals surface area contributed by atoms with E-state index in [1.54, 1.807) is 12.1 Å². The maximum atomic E-state index is 5.93. The molecule has 1 heterocycles. The number of aromatic amines is 1. The smallest absolute Gasteiger partial charge is 0.122 e. The van der Waals surface area contributed by atoms with Crippen molar-refractivity contribution in [2.75, 3.05) is 0 Å². The summed E-state index contributed by atoms with van der Waals surface area (Å²) in [5.41, 5.74) is 1.41. The first-order valence-corrected chi connectivity index (χ1v) is 4.90. The molecule has 0 aliphatic heterocycles. The number of rotatable bonds is 1. The zero-order valence-electron chi connectivity index (χ0n) is 6.44. The quantitative estimate of drug-likeness (QED) is 0.752. The number of alkyl halides is 1. The number of hydrogen-bond acceptors (Lipinski definition) is 1. The van der Waals surface area contributed by atoms with Crippen molar-refractivity contribution in [2.45, 2.75) is 5.88 Å². The van der Waals surface area contributed by atoms with E-state index in [4.69, 9.17) is 34.8 Å². The first-order valence-electron chi connectivity index (χ1n) is 3.61. The third-order valence-corrected chi connectivity index (χ3v) is 2.59. The topological polar surface area (TPSA) is 28.7 Å². The second-order valence-electron chi connectivity index (χ2n) is 2.57. The Labute approximate surface area is 89.8 Å². The Kier molecular flexibility index (Phi) is 2.37. The molecular weight excluding hydrogens is 230 g/mol. The molecule has 0 unspecified atom stereocenters. The summed E-state index contributed by atoms with van der Waals surface area (Å²) in [7, 11) is 0. The van der Waals surface area contributed by atoms with Crippen LogP contribution in [0.25, 0.3) is 11.0 Å². The fraction of sp³-hybridized carbons (Fsp3) is 0.125. The van der Waals surface area contributed by atoms with Gasteiger partial charge >= 0.3 is 0 Å². The molecule has 2 aromatic rings. The van der Waals surface area contributed by atoms with Crippen LogP contribution in [-0.2, 0) is 5.88 Å². The molecule has 1 aromatic heterocycles. The molecule has 0 amide bonds. The molecule has 0 aliphatic rings. The van der Waals surface area contributed by atoms with Gasteiger partial charge in [0.25, 0.3) is 0 Å². The van der Waals surface area contributed by atoms with Crippen LogP contribution < -0.4 is 0 Å². The molecule has 13 heavy (non-hydrogen) atoms. The SMILES string of the molecule is ClCc1nc2c(Cl)ccc(Cl)c2[nH]1. The van der Waals surface area contributed by atoms with E-state index >= 15 is 0 Å². The van der Waals surface area contributed by atoms with Crippen LogP contribution in [0.15, 0.2) is 12.1 Å². The highest BCUT2D eigenvalue weighted by Gasteiger charge is 2.08. The van der Waals surface area contributed by atoms with Gasteiger partial charge in [-0.1, -0.05) is 23.2 Å². The number of nitrogens with one attached hydrogen (secondary N) is 1. The van der Waals surface area contributed by atoms with Gasteiger partial charge in [0.05, 0.1) is 21.4 Å². The Hall–Kier alpha value is -0.440. The van der Waals surface area contributed by atoms with E-state index in [0.29, 0.717) is 27.3 Å².